The second-order valence-corrected chi connectivity index (χ2v) is 7.44. The van der Waals surface area contributed by atoms with E-state index >= 15 is 0 Å². The lowest BCUT2D eigenvalue weighted by Gasteiger charge is -2.19. The van der Waals surface area contributed by atoms with Crippen molar-refractivity contribution in [2.75, 3.05) is 4.90 Å². The number of nitrogens with zero attached hydrogens (tertiary/aromatic N) is 2. The van der Waals surface area contributed by atoms with Crippen LogP contribution in [0.3, 0.4) is 0 Å². The van der Waals surface area contributed by atoms with E-state index in [-0.39, 0.29) is 22.6 Å². The zero-order chi connectivity index (χ0) is 21.9. The molecule has 1 aromatic heterocycles. The summed E-state index contributed by atoms with van der Waals surface area (Å²) in [6.45, 7) is 1.35. The summed E-state index contributed by atoms with van der Waals surface area (Å²) in [6.07, 6.45) is 4.42. The van der Waals surface area contributed by atoms with Crippen LogP contribution in [0.4, 0.5) is 20.2 Å². The Bertz CT molecular complexity index is 1320. The van der Waals surface area contributed by atoms with Crippen molar-refractivity contribution in [1.82, 2.24) is 4.98 Å². The number of hydrogen-bond acceptors (Lipinski definition) is 5. The zero-order valence-corrected chi connectivity index (χ0v) is 16.1. The summed E-state index contributed by atoms with van der Waals surface area (Å²) >= 11 is 0. The largest absolute Gasteiger partial charge is 0.422 e. The molecule has 1 unspecified atom stereocenters. The molecule has 3 heterocycles. The Kier molecular flexibility index (Phi) is 4.03. The maximum absolute atomic E-state index is 13.9. The first kappa shape index (κ1) is 19.1. The Labute approximate surface area is 175 Å². The molecule has 154 valence electrons. The fourth-order valence-electron chi connectivity index (χ4n) is 3.81. The molecule has 0 saturated heterocycles. The molecule has 6 nitrogen and oxygen atoms in total. The molecule has 0 fully saturated rings. The van der Waals surface area contributed by atoms with Crippen LogP contribution in [0.5, 0.6) is 0 Å². The number of benzene rings is 2. The number of ether oxygens (including phenoxy) is 1. The Morgan fingerprint density at radius 3 is 2.58 bits per heavy atom. The van der Waals surface area contributed by atoms with Crippen LogP contribution >= 0.6 is 0 Å². The van der Waals surface area contributed by atoms with E-state index in [0.717, 1.165) is 6.07 Å². The number of fused-ring (bicyclic) bond motifs is 2. The molecule has 3 aromatic rings. The van der Waals surface area contributed by atoms with Crippen LogP contribution in [-0.2, 0) is 15.1 Å². The SMILES string of the molecule is CC1(O)C(=O)N(c2cncc(C=C3OC(=O)c4cc(F)ccc43)c2)c2cc(F)ccc21. The van der Waals surface area contributed by atoms with Crippen LogP contribution in [0.15, 0.2) is 54.9 Å². The highest BCUT2D eigenvalue weighted by molar-refractivity contribution is 6.12. The lowest BCUT2D eigenvalue weighted by molar-refractivity contribution is -0.133. The lowest BCUT2D eigenvalue weighted by Crippen LogP contribution is -2.35. The fraction of sp³-hybridized carbons (Fsp3) is 0.0870. The molecule has 0 saturated carbocycles. The van der Waals surface area contributed by atoms with Gasteiger partial charge in [0, 0.05) is 17.3 Å². The maximum atomic E-state index is 13.9. The minimum absolute atomic E-state index is 0.116. The van der Waals surface area contributed by atoms with Crippen molar-refractivity contribution in [3.63, 3.8) is 0 Å². The van der Waals surface area contributed by atoms with E-state index in [9.17, 15) is 23.5 Å². The summed E-state index contributed by atoms with van der Waals surface area (Å²) in [5.41, 5.74) is 0.0111. The normalized spacial score (nSPS) is 20.8. The van der Waals surface area contributed by atoms with Crippen molar-refractivity contribution in [2.24, 2.45) is 0 Å². The summed E-state index contributed by atoms with van der Waals surface area (Å²) in [4.78, 5) is 30.2. The maximum Gasteiger partial charge on any atom is 0.344 e. The quantitative estimate of drug-likeness (QED) is 0.636. The average molecular weight is 420 g/mol. The molecule has 1 amide bonds. The molecule has 2 aliphatic rings. The number of amides is 1. The molecule has 1 N–H and O–H groups in total. The second-order valence-electron chi connectivity index (χ2n) is 7.44. The van der Waals surface area contributed by atoms with Crippen LogP contribution < -0.4 is 4.90 Å². The molecule has 0 radical (unpaired) electrons. The van der Waals surface area contributed by atoms with Gasteiger partial charge in [0.1, 0.15) is 17.4 Å². The molecule has 0 spiro atoms. The minimum atomic E-state index is -1.82. The molecule has 5 rings (SSSR count). The standard InChI is InChI=1S/C23H14F2N2O4/c1-23(30)18-5-3-14(25)9-19(18)27(22(23)29)15-6-12(10-26-11-15)7-20-16-4-2-13(24)8-17(16)21(28)31-20/h2-11,30H,1H3. The van der Waals surface area contributed by atoms with Gasteiger partial charge in [-0.15, -0.1) is 0 Å². The van der Waals surface area contributed by atoms with E-state index in [1.807, 2.05) is 0 Å². The highest BCUT2D eigenvalue weighted by Gasteiger charge is 2.47. The number of carbonyl (C=O) groups is 2. The third-order valence-corrected chi connectivity index (χ3v) is 5.32. The van der Waals surface area contributed by atoms with E-state index in [1.54, 1.807) is 6.07 Å². The van der Waals surface area contributed by atoms with E-state index in [1.165, 1.54) is 60.6 Å². The topological polar surface area (TPSA) is 79.7 Å². The number of halogens is 2. The number of hydrogen-bond donors (Lipinski definition) is 1. The Balaban J connectivity index is 1.58. The molecule has 2 aromatic carbocycles. The molecule has 31 heavy (non-hydrogen) atoms. The summed E-state index contributed by atoms with van der Waals surface area (Å²) in [5, 5.41) is 10.7. The lowest BCUT2D eigenvalue weighted by atomic mass is 9.98. The Hall–Kier alpha value is -3.91. The Morgan fingerprint density at radius 2 is 1.77 bits per heavy atom. The van der Waals surface area contributed by atoms with Gasteiger partial charge in [-0.25, -0.2) is 13.6 Å². The second kappa shape index (κ2) is 6.55. The van der Waals surface area contributed by atoms with E-state index in [0.29, 0.717) is 16.8 Å². The number of aromatic nitrogens is 1. The van der Waals surface area contributed by atoms with Gasteiger partial charge in [0.25, 0.3) is 5.91 Å². The average Bonchev–Trinajstić information content (AvgIpc) is 3.12. The number of esters is 1. The van der Waals surface area contributed by atoms with Crippen molar-refractivity contribution in [2.45, 2.75) is 12.5 Å². The molecule has 8 heteroatoms. The highest BCUT2D eigenvalue weighted by Crippen LogP contribution is 2.44. The van der Waals surface area contributed by atoms with Crippen LogP contribution in [0.2, 0.25) is 0 Å². The molecule has 0 bridgehead atoms. The van der Waals surface area contributed by atoms with Gasteiger partial charge in [0.05, 0.1) is 23.1 Å². The fourth-order valence-corrected chi connectivity index (χ4v) is 3.81. The summed E-state index contributed by atoms with van der Waals surface area (Å²) in [5.74, 6) is -2.20. The van der Waals surface area contributed by atoms with Crippen molar-refractivity contribution in [3.8, 4) is 0 Å². The van der Waals surface area contributed by atoms with Gasteiger partial charge < -0.3 is 9.84 Å². The van der Waals surface area contributed by atoms with E-state index in [2.05, 4.69) is 4.98 Å². The number of cyclic esters (lactones) is 1. The molecule has 1 atom stereocenters. The smallest absolute Gasteiger partial charge is 0.344 e. The van der Waals surface area contributed by atoms with Crippen LogP contribution in [-0.4, -0.2) is 22.0 Å². The molecular weight excluding hydrogens is 406 g/mol. The highest BCUT2D eigenvalue weighted by atomic mass is 19.1. The molecule has 0 aliphatic carbocycles. The number of aliphatic hydroxyl groups is 1. The van der Waals surface area contributed by atoms with Gasteiger partial charge in [0.2, 0.25) is 0 Å². The van der Waals surface area contributed by atoms with Crippen molar-refractivity contribution in [3.05, 3.63) is 88.7 Å². The summed E-state index contributed by atoms with van der Waals surface area (Å²) in [7, 11) is 0. The third kappa shape index (κ3) is 2.91. The first-order valence-corrected chi connectivity index (χ1v) is 9.31. The predicted octanol–water partition coefficient (Wildman–Crippen LogP) is 3.91. The minimum Gasteiger partial charge on any atom is -0.422 e. The van der Waals surface area contributed by atoms with Crippen molar-refractivity contribution in [1.29, 1.82) is 0 Å². The van der Waals surface area contributed by atoms with Gasteiger partial charge in [0.15, 0.2) is 5.60 Å². The van der Waals surface area contributed by atoms with Crippen molar-refractivity contribution >= 4 is 35.1 Å². The predicted molar refractivity (Wildman–Crippen MR) is 107 cm³/mol. The number of anilines is 2. The van der Waals surface area contributed by atoms with E-state index in [4.69, 9.17) is 4.74 Å². The number of pyridine rings is 1. The summed E-state index contributed by atoms with van der Waals surface area (Å²) < 4.78 is 32.5. The van der Waals surface area contributed by atoms with Gasteiger partial charge >= 0.3 is 5.97 Å². The van der Waals surface area contributed by atoms with Gasteiger partial charge in [-0.2, -0.15) is 0 Å². The number of rotatable bonds is 2. The van der Waals surface area contributed by atoms with Crippen LogP contribution in [0.25, 0.3) is 11.8 Å². The molecule has 2 aliphatic heterocycles. The van der Waals surface area contributed by atoms with Crippen LogP contribution in [0.1, 0.15) is 34.0 Å². The third-order valence-electron chi connectivity index (χ3n) is 5.32. The van der Waals surface area contributed by atoms with Gasteiger partial charge in [-0.05, 0) is 55.0 Å². The molecular formula is C23H14F2N2O4. The monoisotopic (exact) mass is 420 g/mol. The zero-order valence-electron chi connectivity index (χ0n) is 16.1. The van der Waals surface area contributed by atoms with Crippen molar-refractivity contribution < 1.29 is 28.2 Å². The number of carbonyl (C=O) groups excluding carboxylic acids is 2. The first-order valence-electron chi connectivity index (χ1n) is 9.31. The Morgan fingerprint density at radius 1 is 1.03 bits per heavy atom. The summed E-state index contributed by atoms with van der Waals surface area (Å²) in [6, 6.07) is 9.07. The van der Waals surface area contributed by atoms with Gasteiger partial charge in [-0.1, -0.05) is 6.07 Å². The van der Waals surface area contributed by atoms with Gasteiger partial charge in [-0.3, -0.25) is 14.7 Å². The first-order chi connectivity index (χ1) is 14.8. The van der Waals surface area contributed by atoms with E-state index < -0.39 is 29.1 Å². The van der Waals surface area contributed by atoms with Crippen LogP contribution in [0, 0.1) is 11.6 Å².